The summed E-state index contributed by atoms with van der Waals surface area (Å²) in [5.74, 6) is -0.678. The molecule has 0 spiro atoms. The van der Waals surface area contributed by atoms with Gasteiger partial charge in [-0.1, -0.05) is 30.3 Å². The van der Waals surface area contributed by atoms with Gasteiger partial charge in [-0.2, -0.15) is 5.26 Å². The first-order valence-corrected chi connectivity index (χ1v) is 4.76. The summed E-state index contributed by atoms with van der Waals surface area (Å²) in [4.78, 5) is 11.3. The molecule has 15 heavy (non-hydrogen) atoms. The molecule has 1 atom stereocenters. The second-order valence-corrected chi connectivity index (χ2v) is 3.27. The highest BCUT2D eigenvalue weighted by Gasteiger charge is 2.18. The van der Waals surface area contributed by atoms with E-state index in [1.807, 2.05) is 36.4 Å². The maximum absolute atomic E-state index is 11.3. The van der Waals surface area contributed by atoms with Gasteiger partial charge in [0, 0.05) is 6.42 Å². The molecule has 0 saturated carbocycles. The van der Waals surface area contributed by atoms with Crippen molar-refractivity contribution in [2.45, 2.75) is 12.8 Å². The van der Waals surface area contributed by atoms with Crippen LogP contribution in [0.5, 0.6) is 0 Å². The lowest BCUT2D eigenvalue weighted by atomic mass is 9.97. The summed E-state index contributed by atoms with van der Waals surface area (Å²) < 4.78 is 4.65. The Labute approximate surface area is 89.3 Å². The fraction of sp³-hybridized carbons (Fsp3) is 0.333. The van der Waals surface area contributed by atoms with E-state index in [2.05, 4.69) is 4.74 Å². The minimum Gasteiger partial charge on any atom is -0.469 e. The highest BCUT2D eigenvalue weighted by atomic mass is 16.5. The van der Waals surface area contributed by atoms with Crippen molar-refractivity contribution < 1.29 is 9.53 Å². The first-order chi connectivity index (χ1) is 7.27. The van der Waals surface area contributed by atoms with Gasteiger partial charge in [-0.05, 0) is 12.0 Å². The van der Waals surface area contributed by atoms with Crippen molar-refractivity contribution in [3.05, 3.63) is 35.9 Å². The molecular weight excluding hydrogens is 190 g/mol. The van der Waals surface area contributed by atoms with Crippen LogP contribution >= 0.6 is 0 Å². The van der Waals surface area contributed by atoms with Gasteiger partial charge in [0.25, 0.3) is 0 Å². The van der Waals surface area contributed by atoms with Gasteiger partial charge >= 0.3 is 5.97 Å². The number of hydrogen-bond acceptors (Lipinski definition) is 3. The molecular formula is C12H13NO2. The van der Waals surface area contributed by atoms with Crippen molar-refractivity contribution in [2.24, 2.45) is 5.92 Å². The van der Waals surface area contributed by atoms with E-state index in [1.54, 1.807) is 0 Å². The number of benzene rings is 1. The molecule has 3 nitrogen and oxygen atoms in total. The third kappa shape index (κ3) is 3.43. The molecule has 78 valence electrons. The van der Waals surface area contributed by atoms with Crippen LogP contribution in [0, 0.1) is 17.2 Å². The Morgan fingerprint density at radius 3 is 2.67 bits per heavy atom. The molecule has 0 aromatic heterocycles. The van der Waals surface area contributed by atoms with E-state index in [9.17, 15) is 4.79 Å². The van der Waals surface area contributed by atoms with E-state index in [-0.39, 0.29) is 18.3 Å². The Morgan fingerprint density at radius 1 is 1.47 bits per heavy atom. The molecule has 0 aliphatic carbocycles. The lowest BCUT2D eigenvalue weighted by molar-refractivity contribution is -0.145. The topological polar surface area (TPSA) is 50.1 Å². The predicted molar refractivity (Wildman–Crippen MR) is 55.9 cm³/mol. The summed E-state index contributed by atoms with van der Waals surface area (Å²) in [6.45, 7) is 0. The summed E-state index contributed by atoms with van der Waals surface area (Å²) in [5, 5.41) is 8.60. The Kier molecular flexibility index (Phi) is 4.36. The molecule has 0 aliphatic heterocycles. The van der Waals surface area contributed by atoms with Gasteiger partial charge < -0.3 is 4.74 Å². The molecule has 0 saturated heterocycles. The van der Waals surface area contributed by atoms with Crippen molar-refractivity contribution >= 4 is 5.97 Å². The number of carbonyl (C=O) groups excluding carboxylic acids is 1. The average Bonchev–Trinajstić information content (AvgIpc) is 2.29. The second kappa shape index (κ2) is 5.82. The van der Waals surface area contributed by atoms with Crippen LogP contribution in [0.2, 0.25) is 0 Å². The molecule has 3 heteroatoms. The van der Waals surface area contributed by atoms with E-state index in [0.29, 0.717) is 6.42 Å². The third-order valence-electron chi connectivity index (χ3n) is 2.20. The molecule has 1 aromatic carbocycles. The number of nitrogens with zero attached hydrogens (tertiary/aromatic N) is 1. The molecule has 0 bridgehead atoms. The van der Waals surface area contributed by atoms with Gasteiger partial charge in [0.05, 0.1) is 19.1 Å². The van der Waals surface area contributed by atoms with Crippen LogP contribution < -0.4 is 0 Å². The number of nitriles is 1. The van der Waals surface area contributed by atoms with Gasteiger partial charge in [-0.15, -0.1) is 0 Å². The number of esters is 1. The zero-order chi connectivity index (χ0) is 11.1. The average molecular weight is 203 g/mol. The van der Waals surface area contributed by atoms with Crippen LogP contribution in [0.1, 0.15) is 12.0 Å². The van der Waals surface area contributed by atoms with Gasteiger partial charge in [0.2, 0.25) is 0 Å². The van der Waals surface area contributed by atoms with Crippen molar-refractivity contribution in [3.63, 3.8) is 0 Å². The minimum atomic E-state index is -0.359. The third-order valence-corrected chi connectivity index (χ3v) is 2.20. The summed E-state index contributed by atoms with van der Waals surface area (Å²) in [5.41, 5.74) is 1.04. The summed E-state index contributed by atoms with van der Waals surface area (Å²) in [6.07, 6.45) is 0.753. The fourth-order valence-corrected chi connectivity index (χ4v) is 1.41. The van der Waals surface area contributed by atoms with Crippen molar-refractivity contribution in [3.8, 4) is 6.07 Å². The summed E-state index contributed by atoms with van der Waals surface area (Å²) >= 11 is 0. The molecule has 0 heterocycles. The number of ether oxygens (including phenoxy) is 1. The minimum absolute atomic E-state index is 0.196. The quantitative estimate of drug-likeness (QED) is 0.702. The molecule has 1 rings (SSSR count). The Balaban J connectivity index is 2.68. The molecule has 0 aliphatic rings. The molecule has 0 radical (unpaired) electrons. The predicted octanol–water partition coefficient (Wildman–Crippen LogP) is 1.93. The second-order valence-electron chi connectivity index (χ2n) is 3.27. The monoisotopic (exact) mass is 203 g/mol. The molecule has 1 aromatic rings. The zero-order valence-electron chi connectivity index (χ0n) is 8.64. The molecule has 0 unspecified atom stereocenters. The number of rotatable bonds is 4. The summed E-state index contributed by atoms with van der Waals surface area (Å²) in [7, 11) is 1.34. The number of methoxy groups -OCH3 is 1. The SMILES string of the molecule is COC(=O)[C@H](CC#N)Cc1ccccc1. The van der Waals surface area contributed by atoms with Gasteiger partial charge in [0.1, 0.15) is 0 Å². The van der Waals surface area contributed by atoms with E-state index >= 15 is 0 Å². The maximum atomic E-state index is 11.3. The molecule has 0 N–H and O–H groups in total. The normalized spacial score (nSPS) is 11.5. The lowest BCUT2D eigenvalue weighted by Gasteiger charge is -2.10. The van der Waals surface area contributed by atoms with Gasteiger partial charge in [-0.3, -0.25) is 4.79 Å². The van der Waals surface area contributed by atoms with Crippen molar-refractivity contribution in [1.82, 2.24) is 0 Å². The van der Waals surface area contributed by atoms with E-state index in [0.717, 1.165) is 5.56 Å². The number of hydrogen-bond donors (Lipinski definition) is 0. The van der Waals surface area contributed by atoms with Gasteiger partial charge in [-0.25, -0.2) is 0 Å². The number of carbonyl (C=O) groups is 1. The van der Waals surface area contributed by atoms with Crippen LogP contribution in [-0.2, 0) is 16.0 Å². The van der Waals surface area contributed by atoms with Crippen LogP contribution in [0.25, 0.3) is 0 Å². The first-order valence-electron chi connectivity index (χ1n) is 4.76. The smallest absolute Gasteiger partial charge is 0.310 e. The van der Waals surface area contributed by atoms with Gasteiger partial charge in [0.15, 0.2) is 0 Å². The molecule has 0 amide bonds. The van der Waals surface area contributed by atoms with E-state index < -0.39 is 0 Å². The first kappa shape index (κ1) is 11.3. The van der Waals surface area contributed by atoms with Crippen LogP contribution in [0.15, 0.2) is 30.3 Å². The summed E-state index contributed by atoms with van der Waals surface area (Å²) in [6, 6.07) is 11.6. The zero-order valence-corrected chi connectivity index (χ0v) is 8.64. The highest BCUT2D eigenvalue weighted by Crippen LogP contribution is 2.13. The Morgan fingerprint density at radius 2 is 2.13 bits per heavy atom. The molecule has 0 fully saturated rings. The Hall–Kier alpha value is -1.82. The highest BCUT2D eigenvalue weighted by molar-refractivity contribution is 5.73. The largest absolute Gasteiger partial charge is 0.469 e. The maximum Gasteiger partial charge on any atom is 0.310 e. The Bertz CT molecular complexity index is 354. The van der Waals surface area contributed by atoms with E-state index in [4.69, 9.17) is 5.26 Å². The van der Waals surface area contributed by atoms with E-state index in [1.165, 1.54) is 7.11 Å². The van der Waals surface area contributed by atoms with Crippen LogP contribution in [0.3, 0.4) is 0 Å². The van der Waals surface area contributed by atoms with Crippen molar-refractivity contribution in [1.29, 1.82) is 5.26 Å². The fourth-order valence-electron chi connectivity index (χ4n) is 1.41. The van der Waals surface area contributed by atoms with Crippen molar-refractivity contribution in [2.75, 3.05) is 7.11 Å². The standard InChI is InChI=1S/C12H13NO2/c1-15-12(14)11(7-8-13)9-10-5-3-2-4-6-10/h2-6,11H,7,9H2,1H3/t11-/m1/s1. The lowest BCUT2D eigenvalue weighted by Crippen LogP contribution is -2.18. The van der Waals surface area contributed by atoms with Crippen LogP contribution in [0.4, 0.5) is 0 Å². The van der Waals surface area contributed by atoms with Crippen LogP contribution in [-0.4, -0.2) is 13.1 Å².